The molecule has 0 saturated heterocycles. The lowest BCUT2D eigenvalue weighted by Gasteiger charge is -2.25. The Kier molecular flexibility index (Phi) is 9.91. The van der Waals surface area contributed by atoms with Crippen molar-refractivity contribution < 1.29 is 23.5 Å². The van der Waals surface area contributed by atoms with Gasteiger partial charge in [-0.15, -0.1) is 0 Å². The van der Waals surface area contributed by atoms with E-state index < -0.39 is 11.9 Å². The molecule has 7 nitrogen and oxygen atoms in total. The van der Waals surface area contributed by atoms with Gasteiger partial charge < -0.3 is 20.3 Å². The second-order valence-electron chi connectivity index (χ2n) is 9.45. The number of nitrogens with one attached hydrogen (secondary N) is 2. The molecule has 1 atom stereocenters. The third kappa shape index (κ3) is 8.29. The van der Waals surface area contributed by atoms with E-state index in [9.17, 15) is 18.8 Å². The molecular formula is C30H31ClFN3O4. The van der Waals surface area contributed by atoms with Crippen LogP contribution in [0.1, 0.15) is 34.3 Å². The molecule has 0 aliphatic carbocycles. The summed E-state index contributed by atoms with van der Waals surface area (Å²) in [4.78, 5) is 40.7. The molecule has 3 aromatic rings. The molecule has 3 aromatic carbocycles. The van der Waals surface area contributed by atoms with Crippen LogP contribution in [0.3, 0.4) is 0 Å². The maximum Gasteiger partial charge on any atom is 0.255 e. The average molecular weight is 552 g/mol. The summed E-state index contributed by atoms with van der Waals surface area (Å²) in [6, 6.07) is 20.1. The zero-order valence-electron chi connectivity index (χ0n) is 21.5. The van der Waals surface area contributed by atoms with Crippen molar-refractivity contribution in [2.75, 3.05) is 26.2 Å². The first kappa shape index (κ1) is 28.1. The maximum atomic E-state index is 14.2. The number of carbonyl (C=O) groups is 3. The van der Waals surface area contributed by atoms with Gasteiger partial charge in [0.25, 0.3) is 5.91 Å². The van der Waals surface area contributed by atoms with Crippen LogP contribution in [-0.4, -0.2) is 54.9 Å². The highest BCUT2D eigenvalue weighted by Gasteiger charge is 2.23. The Balaban J connectivity index is 1.55. The monoisotopic (exact) mass is 551 g/mol. The van der Waals surface area contributed by atoms with Gasteiger partial charge in [0.1, 0.15) is 18.2 Å². The number of amides is 3. The van der Waals surface area contributed by atoms with Crippen molar-refractivity contribution in [2.45, 2.75) is 31.7 Å². The fourth-order valence-electron chi connectivity index (χ4n) is 4.43. The zero-order valence-corrected chi connectivity index (χ0v) is 22.3. The van der Waals surface area contributed by atoms with Crippen LogP contribution in [-0.2, 0) is 22.4 Å². The molecule has 0 spiro atoms. The van der Waals surface area contributed by atoms with Crippen LogP contribution in [0.15, 0.2) is 72.8 Å². The predicted molar refractivity (Wildman–Crippen MR) is 147 cm³/mol. The number of carbonyl (C=O) groups excluding carboxylic acids is 3. The fourth-order valence-corrected chi connectivity index (χ4v) is 4.60. The average Bonchev–Trinajstić information content (AvgIpc) is 2.93. The first-order valence-electron chi connectivity index (χ1n) is 12.9. The van der Waals surface area contributed by atoms with E-state index in [1.165, 1.54) is 11.0 Å². The Bertz CT molecular complexity index is 1300. The zero-order chi connectivity index (χ0) is 27.6. The van der Waals surface area contributed by atoms with Crippen LogP contribution < -0.4 is 15.4 Å². The molecule has 0 bridgehead atoms. The van der Waals surface area contributed by atoms with Gasteiger partial charge in [0.05, 0.1) is 24.6 Å². The lowest BCUT2D eigenvalue weighted by Crippen LogP contribution is -2.47. The third-order valence-electron chi connectivity index (χ3n) is 6.44. The molecule has 3 amide bonds. The summed E-state index contributed by atoms with van der Waals surface area (Å²) in [5.41, 5.74) is 1.58. The van der Waals surface area contributed by atoms with Gasteiger partial charge in [0.2, 0.25) is 11.8 Å². The summed E-state index contributed by atoms with van der Waals surface area (Å²) in [5.74, 6) is -1.11. The fraction of sp³-hybridized carbons (Fsp3) is 0.300. The van der Waals surface area contributed by atoms with Crippen LogP contribution in [0.5, 0.6) is 5.75 Å². The van der Waals surface area contributed by atoms with Crippen molar-refractivity contribution in [3.05, 3.63) is 100 Å². The Hall–Kier alpha value is -3.91. The van der Waals surface area contributed by atoms with Gasteiger partial charge in [0, 0.05) is 18.1 Å². The molecule has 39 heavy (non-hydrogen) atoms. The molecular weight excluding hydrogens is 521 g/mol. The van der Waals surface area contributed by atoms with E-state index >= 15 is 0 Å². The number of hydrogen-bond acceptors (Lipinski definition) is 4. The summed E-state index contributed by atoms with van der Waals surface area (Å²) in [5, 5.41) is 6.27. The molecule has 0 saturated carbocycles. The van der Waals surface area contributed by atoms with Crippen LogP contribution in [0.2, 0.25) is 5.02 Å². The number of nitrogens with zero attached hydrogens (tertiary/aromatic N) is 1. The minimum atomic E-state index is -0.462. The summed E-state index contributed by atoms with van der Waals surface area (Å²) >= 11 is 6.15. The van der Waals surface area contributed by atoms with E-state index in [1.807, 2.05) is 30.3 Å². The van der Waals surface area contributed by atoms with Crippen molar-refractivity contribution in [3.63, 3.8) is 0 Å². The van der Waals surface area contributed by atoms with Crippen molar-refractivity contribution in [1.82, 2.24) is 15.5 Å². The molecule has 4 rings (SSSR count). The second-order valence-corrected chi connectivity index (χ2v) is 9.89. The number of fused-ring (bicyclic) bond motifs is 1. The largest absolute Gasteiger partial charge is 0.491 e. The van der Waals surface area contributed by atoms with Gasteiger partial charge in [-0.2, -0.15) is 0 Å². The summed E-state index contributed by atoms with van der Waals surface area (Å²) < 4.78 is 20.2. The molecule has 204 valence electrons. The Morgan fingerprint density at radius 3 is 2.59 bits per heavy atom. The van der Waals surface area contributed by atoms with Crippen LogP contribution in [0, 0.1) is 5.82 Å². The van der Waals surface area contributed by atoms with Crippen molar-refractivity contribution in [3.8, 4) is 5.75 Å². The predicted octanol–water partition coefficient (Wildman–Crippen LogP) is 4.18. The second kappa shape index (κ2) is 13.8. The third-order valence-corrected chi connectivity index (χ3v) is 6.68. The van der Waals surface area contributed by atoms with Crippen molar-refractivity contribution in [1.29, 1.82) is 0 Å². The van der Waals surface area contributed by atoms with Gasteiger partial charge >= 0.3 is 0 Å². The molecule has 9 heteroatoms. The van der Waals surface area contributed by atoms with Gasteiger partial charge in [-0.1, -0.05) is 60.1 Å². The summed E-state index contributed by atoms with van der Waals surface area (Å²) in [6.45, 7) is 0.574. The summed E-state index contributed by atoms with van der Waals surface area (Å²) in [7, 11) is 0. The number of hydrogen-bond donors (Lipinski definition) is 2. The maximum absolute atomic E-state index is 14.2. The first-order valence-corrected chi connectivity index (χ1v) is 13.3. The SMILES string of the molecule is O=C1CN(C(=O)Cc2ccccc2F)CCCCNC(=O)c2cc(Cl)ccc2OC[C@@H](Cc2ccccc2)N1. The standard InChI is InChI=1S/C30H31ClFN3O4/c31-23-12-13-27-25(18-23)30(38)33-14-6-7-15-35(29(37)17-22-10-4-5-11-26(22)32)19-28(36)34-24(20-39-27)16-21-8-2-1-3-9-21/h1-5,8-13,18,24H,6-7,14-17,19-20H2,(H,33,38)(H,34,36)/t24-/m1/s1. The van der Waals surface area contributed by atoms with Crippen LogP contribution in [0.25, 0.3) is 0 Å². The quantitative estimate of drug-likeness (QED) is 0.509. The highest BCUT2D eigenvalue weighted by Crippen LogP contribution is 2.23. The highest BCUT2D eigenvalue weighted by atomic mass is 35.5. The van der Waals surface area contributed by atoms with Crippen LogP contribution in [0.4, 0.5) is 4.39 Å². The molecule has 0 unspecified atom stereocenters. The minimum Gasteiger partial charge on any atom is -0.491 e. The van der Waals surface area contributed by atoms with Gasteiger partial charge in [0.15, 0.2) is 0 Å². The molecule has 0 radical (unpaired) electrons. The smallest absolute Gasteiger partial charge is 0.255 e. The van der Waals surface area contributed by atoms with E-state index in [4.69, 9.17) is 16.3 Å². The molecule has 1 heterocycles. The van der Waals surface area contributed by atoms with E-state index in [-0.39, 0.29) is 42.9 Å². The number of ether oxygens (including phenoxy) is 1. The van der Waals surface area contributed by atoms with Gasteiger partial charge in [-0.25, -0.2) is 4.39 Å². The van der Waals surface area contributed by atoms with Crippen LogP contribution >= 0.6 is 11.6 Å². The molecule has 0 aromatic heterocycles. The van der Waals surface area contributed by atoms with Gasteiger partial charge in [-0.3, -0.25) is 14.4 Å². The molecule has 0 fully saturated rings. The van der Waals surface area contributed by atoms with Crippen molar-refractivity contribution in [2.24, 2.45) is 0 Å². The molecule has 1 aliphatic heterocycles. The Morgan fingerprint density at radius 2 is 1.79 bits per heavy atom. The highest BCUT2D eigenvalue weighted by molar-refractivity contribution is 6.31. The van der Waals surface area contributed by atoms with Crippen molar-refractivity contribution >= 4 is 29.3 Å². The van der Waals surface area contributed by atoms with E-state index in [1.54, 1.807) is 36.4 Å². The molecule has 2 N–H and O–H groups in total. The topological polar surface area (TPSA) is 87.7 Å². The first-order chi connectivity index (χ1) is 18.9. The lowest BCUT2D eigenvalue weighted by molar-refractivity contribution is -0.136. The summed E-state index contributed by atoms with van der Waals surface area (Å²) in [6.07, 6.45) is 1.45. The lowest BCUT2D eigenvalue weighted by atomic mass is 10.1. The Labute approximate surface area is 232 Å². The molecule has 1 aliphatic rings. The normalized spacial score (nSPS) is 17.1. The van der Waals surface area contributed by atoms with Gasteiger partial charge in [-0.05, 0) is 54.7 Å². The Morgan fingerprint density at radius 1 is 1.03 bits per heavy atom. The minimum absolute atomic E-state index is 0.0890. The number of halogens is 2. The van der Waals surface area contributed by atoms with E-state index in [0.717, 1.165) is 5.56 Å². The van der Waals surface area contributed by atoms with E-state index in [2.05, 4.69) is 10.6 Å². The van der Waals surface area contributed by atoms with E-state index in [0.29, 0.717) is 48.7 Å². The number of benzene rings is 3. The number of rotatable bonds is 4.